The highest BCUT2D eigenvalue weighted by Crippen LogP contribution is 2.33. The number of benzene rings is 1. The average molecular weight is 350 g/mol. The first-order valence-corrected chi connectivity index (χ1v) is 7.47. The van der Waals surface area contributed by atoms with Crippen molar-refractivity contribution in [2.24, 2.45) is 11.0 Å². The molecule has 0 aromatic heterocycles. The number of aliphatic hydroxyl groups is 1. The van der Waals surface area contributed by atoms with Crippen LogP contribution in [0.1, 0.15) is 22.8 Å². The van der Waals surface area contributed by atoms with Crippen molar-refractivity contribution in [3.05, 3.63) is 29.3 Å². The van der Waals surface area contributed by atoms with E-state index in [1.807, 2.05) is 0 Å². The van der Waals surface area contributed by atoms with Crippen LogP contribution in [-0.4, -0.2) is 43.6 Å². The van der Waals surface area contributed by atoms with E-state index in [-0.39, 0.29) is 11.3 Å². The molecule has 126 valence electrons. The molecule has 0 amide bonds. The van der Waals surface area contributed by atoms with Crippen molar-refractivity contribution >= 4 is 22.6 Å². The Morgan fingerprint density at radius 2 is 2.00 bits per heavy atom. The lowest BCUT2D eigenvalue weighted by molar-refractivity contribution is -0.137. The van der Waals surface area contributed by atoms with E-state index >= 15 is 0 Å². The number of Topliss-reactive ketones (excluding diaryl/α,β-unsaturated/α-hetero) is 1. The van der Waals surface area contributed by atoms with Crippen LogP contribution >= 0.6 is 0 Å². The summed E-state index contributed by atoms with van der Waals surface area (Å²) < 4.78 is 58.7. The van der Waals surface area contributed by atoms with Crippen LogP contribution in [0.15, 0.2) is 28.2 Å². The Bertz CT molecular complexity index is 705. The van der Waals surface area contributed by atoms with Gasteiger partial charge in [0, 0.05) is 12.6 Å². The Kier molecular flexibility index (Phi) is 4.60. The van der Waals surface area contributed by atoms with Gasteiger partial charge in [-0.25, -0.2) is 4.21 Å². The molecule has 0 saturated heterocycles. The van der Waals surface area contributed by atoms with E-state index in [2.05, 4.69) is 5.10 Å². The van der Waals surface area contributed by atoms with Crippen molar-refractivity contribution in [3.63, 3.8) is 0 Å². The molecule has 0 fully saturated rings. The molecule has 0 radical (unpaired) electrons. The number of halogens is 3. The first-order chi connectivity index (χ1) is 10.5. The largest absolute Gasteiger partial charge is 0.416 e. The number of rotatable bonds is 3. The van der Waals surface area contributed by atoms with Gasteiger partial charge >= 0.3 is 6.18 Å². The lowest BCUT2D eigenvalue weighted by Gasteiger charge is -2.19. The van der Waals surface area contributed by atoms with Crippen LogP contribution in [0.25, 0.3) is 0 Å². The second-order valence-electron chi connectivity index (χ2n) is 5.03. The normalized spacial score (nSPS) is 22.9. The standard InChI is InChI=1S/C13H13F3N2O4S/c1-6-10(12(20)18(2)17-6)11(19)8-4-3-7(13(14,15)16)5-9(8)23(21)22/h3-5,10,12,20H,1-2H3,(H,21,22). The monoisotopic (exact) mass is 350 g/mol. The van der Waals surface area contributed by atoms with Crippen LogP contribution in [-0.2, 0) is 17.3 Å². The van der Waals surface area contributed by atoms with Gasteiger partial charge in [0.15, 0.2) is 23.1 Å². The van der Waals surface area contributed by atoms with E-state index in [0.717, 1.165) is 11.1 Å². The fourth-order valence-corrected chi connectivity index (χ4v) is 2.93. The third-order valence-electron chi connectivity index (χ3n) is 3.49. The van der Waals surface area contributed by atoms with Crippen LogP contribution in [0.2, 0.25) is 0 Å². The summed E-state index contributed by atoms with van der Waals surface area (Å²) >= 11 is -2.79. The number of aliphatic hydroxyl groups excluding tert-OH is 1. The molecule has 0 spiro atoms. The van der Waals surface area contributed by atoms with Gasteiger partial charge in [-0.3, -0.25) is 9.80 Å². The van der Waals surface area contributed by atoms with Crippen molar-refractivity contribution in [1.82, 2.24) is 5.01 Å². The first kappa shape index (κ1) is 17.6. The van der Waals surface area contributed by atoms with Gasteiger partial charge in [-0.1, -0.05) is 0 Å². The van der Waals surface area contributed by atoms with Gasteiger partial charge in [-0.2, -0.15) is 18.3 Å². The van der Waals surface area contributed by atoms with Gasteiger partial charge in [0.1, 0.15) is 5.92 Å². The summed E-state index contributed by atoms with van der Waals surface area (Å²) in [4.78, 5) is 11.9. The summed E-state index contributed by atoms with van der Waals surface area (Å²) in [6, 6.07) is 1.95. The molecule has 1 heterocycles. The molecular weight excluding hydrogens is 337 g/mol. The molecule has 6 nitrogen and oxygen atoms in total. The predicted octanol–water partition coefficient (Wildman–Crippen LogP) is 1.72. The summed E-state index contributed by atoms with van der Waals surface area (Å²) in [7, 11) is 1.43. The minimum absolute atomic E-state index is 0.263. The second kappa shape index (κ2) is 6.02. The lowest BCUT2D eigenvalue weighted by atomic mass is 9.92. The minimum Gasteiger partial charge on any atom is -0.371 e. The van der Waals surface area contributed by atoms with E-state index in [0.29, 0.717) is 12.1 Å². The number of hydrogen-bond acceptors (Lipinski definition) is 5. The van der Waals surface area contributed by atoms with Gasteiger partial charge in [0.2, 0.25) is 0 Å². The highest BCUT2D eigenvalue weighted by Gasteiger charge is 2.39. The summed E-state index contributed by atoms with van der Waals surface area (Å²) in [5, 5.41) is 15.0. The van der Waals surface area contributed by atoms with Gasteiger partial charge in [0.25, 0.3) is 0 Å². The third kappa shape index (κ3) is 3.28. The number of alkyl halides is 3. The molecule has 1 aromatic carbocycles. The molecule has 3 atom stereocenters. The number of hydrazone groups is 1. The predicted molar refractivity (Wildman–Crippen MR) is 75.2 cm³/mol. The molecule has 3 unspecified atom stereocenters. The molecule has 2 rings (SSSR count). The Morgan fingerprint density at radius 3 is 2.43 bits per heavy atom. The van der Waals surface area contributed by atoms with Crippen LogP contribution in [0.3, 0.4) is 0 Å². The van der Waals surface area contributed by atoms with Crippen LogP contribution in [0.4, 0.5) is 13.2 Å². The highest BCUT2D eigenvalue weighted by atomic mass is 32.2. The fraction of sp³-hybridized carbons (Fsp3) is 0.385. The van der Waals surface area contributed by atoms with Gasteiger partial charge < -0.3 is 9.66 Å². The highest BCUT2D eigenvalue weighted by molar-refractivity contribution is 7.79. The van der Waals surface area contributed by atoms with E-state index < -0.39 is 45.6 Å². The molecule has 2 N–H and O–H groups in total. The summed E-state index contributed by atoms with van der Waals surface area (Å²) in [5.41, 5.74) is -1.23. The van der Waals surface area contributed by atoms with Gasteiger partial charge in [0.05, 0.1) is 16.2 Å². The van der Waals surface area contributed by atoms with E-state index in [9.17, 15) is 31.8 Å². The fourth-order valence-electron chi connectivity index (χ4n) is 2.34. The van der Waals surface area contributed by atoms with Crippen molar-refractivity contribution < 1.29 is 31.8 Å². The molecule has 0 bridgehead atoms. The topological polar surface area (TPSA) is 90.2 Å². The summed E-state index contributed by atoms with van der Waals surface area (Å²) in [5.74, 6) is -1.88. The molecule has 1 aliphatic rings. The zero-order valence-electron chi connectivity index (χ0n) is 12.0. The lowest BCUT2D eigenvalue weighted by Crippen LogP contribution is -2.36. The number of nitrogens with zero attached hydrogens (tertiary/aromatic N) is 2. The number of ketones is 1. The molecule has 23 heavy (non-hydrogen) atoms. The smallest absolute Gasteiger partial charge is 0.371 e. The van der Waals surface area contributed by atoms with E-state index in [4.69, 9.17) is 0 Å². The Labute approximate surface area is 131 Å². The first-order valence-electron chi connectivity index (χ1n) is 6.36. The Balaban J connectivity index is 2.49. The molecule has 0 aliphatic carbocycles. The number of carbonyl (C=O) groups excluding carboxylic acids is 1. The second-order valence-corrected chi connectivity index (χ2v) is 5.97. The summed E-state index contributed by atoms with van der Waals surface area (Å²) in [6.07, 6.45) is -6.00. The van der Waals surface area contributed by atoms with Crippen LogP contribution < -0.4 is 0 Å². The Hall–Kier alpha value is -1.78. The summed E-state index contributed by atoms with van der Waals surface area (Å²) in [6.45, 7) is 1.48. The van der Waals surface area contributed by atoms with Crippen molar-refractivity contribution in [2.45, 2.75) is 24.2 Å². The zero-order chi connectivity index (χ0) is 17.5. The SMILES string of the molecule is CC1=NN(C)C(O)C1C(=O)c1ccc(C(F)(F)F)cc1S(=O)O. The average Bonchev–Trinajstić information content (AvgIpc) is 2.69. The molecular formula is C13H13F3N2O4S. The van der Waals surface area contributed by atoms with E-state index in [1.165, 1.54) is 14.0 Å². The molecule has 0 saturated carbocycles. The third-order valence-corrected chi connectivity index (χ3v) is 4.21. The quantitative estimate of drug-likeness (QED) is 0.640. The maximum atomic E-state index is 12.7. The zero-order valence-corrected chi connectivity index (χ0v) is 12.9. The van der Waals surface area contributed by atoms with Crippen molar-refractivity contribution in [2.75, 3.05) is 7.05 Å². The maximum absolute atomic E-state index is 12.7. The molecule has 1 aliphatic heterocycles. The van der Waals surface area contributed by atoms with E-state index in [1.54, 1.807) is 0 Å². The van der Waals surface area contributed by atoms with Gasteiger partial charge in [-0.15, -0.1) is 0 Å². The molecule has 1 aromatic rings. The maximum Gasteiger partial charge on any atom is 0.416 e. The van der Waals surface area contributed by atoms with Crippen molar-refractivity contribution in [3.8, 4) is 0 Å². The van der Waals surface area contributed by atoms with Crippen LogP contribution in [0, 0.1) is 5.92 Å². The van der Waals surface area contributed by atoms with Crippen LogP contribution in [0.5, 0.6) is 0 Å². The number of carbonyl (C=O) groups is 1. The van der Waals surface area contributed by atoms with Gasteiger partial charge in [-0.05, 0) is 25.1 Å². The Morgan fingerprint density at radius 1 is 1.39 bits per heavy atom. The molecule has 10 heteroatoms. The number of hydrogen-bond donors (Lipinski definition) is 2. The minimum atomic E-state index is -4.71. The van der Waals surface area contributed by atoms with Crippen molar-refractivity contribution in [1.29, 1.82) is 0 Å².